The van der Waals surface area contributed by atoms with E-state index in [2.05, 4.69) is 76.9 Å². The fraction of sp³-hybridized carbons (Fsp3) is 0.609. The number of hydrogen-bond donors (Lipinski definition) is 3. The van der Waals surface area contributed by atoms with Crippen molar-refractivity contribution >= 4 is 18.6 Å². The molecule has 0 spiro atoms. The maximum absolute atomic E-state index is 10.9. The first kappa shape index (κ1) is 25.7. The van der Waals surface area contributed by atoms with Crippen LogP contribution >= 0.6 is 12.6 Å². The summed E-state index contributed by atoms with van der Waals surface area (Å²) in [5.41, 5.74) is 5.60. The van der Waals surface area contributed by atoms with Gasteiger partial charge in [0.2, 0.25) is 0 Å². The van der Waals surface area contributed by atoms with E-state index in [9.17, 15) is 4.79 Å². The summed E-state index contributed by atoms with van der Waals surface area (Å²) in [4.78, 5) is 10.9. The van der Waals surface area contributed by atoms with Crippen molar-refractivity contribution < 1.29 is 9.90 Å². The van der Waals surface area contributed by atoms with E-state index in [-0.39, 0.29) is 0 Å². The first-order valence-corrected chi connectivity index (χ1v) is 10.6. The van der Waals surface area contributed by atoms with Gasteiger partial charge in [-0.1, -0.05) is 46.6 Å². The Hall–Kier alpha value is -1.26. The molecular formula is C23H39NO2S. The molecule has 0 aliphatic heterocycles. The van der Waals surface area contributed by atoms with Gasteiger partial charge in [0, 0.05) is 12.3 Å². The van der Waals surface area contributed by atoms with Crippen LogP contribution in [0.3, 0.4) is 0 Å². The normalized spacial score (nSPS) is 14.2. The monoisotopic (exact) mass is 393 g/mol. The molecule has 2 N–H and O–H groups in total. The van der Waals surface area contributed by atoms with E-state index in [1.54, 1.807) is 0 Å². The van der Waals surface area contributed by atoms with Gasteiger partial charge in [0.05, 0.1) is 0 Å². The van der Waals surface area contributed by atoms with Gasteiger partial charge in [-0.3, -0.25) is 4.79 Å². The summed E-state index contributed by atoms with van der Waals surface area (Å²) >= 11 is 4.05. The summed E-state index contributed by atoms with van der Waals surface area (Å²) in [5, 5.41) is 11.9. The smallest absolute Gasteiger partial charge is 0.321 e. The van der Waals surface area contributed by atoms with Crippen molar-refractivity contribution in [3.8, 4) is 0 Å². The number of rotatable bonds is 14. The Morgan fingerprint density at radius 1 is 0.852 bits per heavy atom. The molecule has 3 nitrogen and oxygen atoms in total. The van der Waals surface area contributed by atoms with Crippen LogP contribution in [0.5, 0.6) is 0 Å². The highest BCUT2D eigenvalue weighted by atomic mass is 32.1. The third-order valence-corrected chi connectivity index (χ3v) is 4.81. The standard InChI is InChI=1S/C23H39NO2S/c1-18(2)9-6-10-19(3)11-7-12-20(4)13-8-14-21(5)15-16-24-22(17-27)23(25)26/h9,11,13,15,22,24,27H,6-8,10,12,14,16-17H2,1-5H3,(H,25,26)/t22-/m1/s1. The lowest BCUT2D eigenvalue weighted by atomic mass is 10.0. The lowest BCUT2D eigenvalue weighted by Crippen LogP contribution is -2.38. The van der Waals surface area contributed by atoms with Crippen molar-refractivity contribution in [1.29, 1.82) is 0 Å². The highest BCUT2D eigenvalue weighted by molar-refractivity contribution is 7.80. The maximum atomic E-state index is 10.9. The SMILES string of the molecule is CC(C)=CCCC(C)=CCCC(C)=CCCC(C)=CCN[C@H](CS)C(=O)O. The average molecular weight is 394 g/mol. The van der Waals surface area contributed by atoms with Crippen molar-refractivity contribution in [1.82, 2.24) is 5.32 Å². The number of nitrogens with one attached hydrogen (secondary N) is 1. The van der Waals surface area contributed by atoms with Crippen molar-refractivity contribution in [3.05, 3.63) is 46.6 Å². The van der Waals surface area contributed by atoms with Gasteiger partial charge in [0.25, 0.3) is 0 Å². The van der Waals surface area contributed by atoms with Crippen molar-refractivity contribution in [2.75, 3.05) is 12.3 Å². The second kappa shape index (κ2) is 15.8. The Bertz CT molecular complexity index is 555. The zero-order valence-electron chi connectivity index (χ0n) is 17.8. The van der Waals surface area contributed by atoms with E-state index in [4.69, 9.17) is 5.11 Å². The molecule has 0 rings (SSSR count). The van der Waals surface area contributed by atoms with Crippen LogP contribution in [0, 0.1) is 0 Å². The minimum atomic E-state index is -0.851. The van der Waals surface area contributed by atoms with Gasteiger partial charge in [-0.15, -0.1) is 0 Å². The second-order valence-electron chi connectivity index (χ2n) is 7.53. The van der Waals surface area contributed by atoms with E-state index < -0.39 is 12.0 Å². The van der Waals surface area contributed by atoms with E-state index in [1.165, 1.54) is 22.3 Å². The van der Waals surface area contributed by atoms with E-state index in [1.807, 2.05) is 0 Å². The number of thiol groups is 1. The summed E-state index contributed by atoms with van der Waals surface area (Å²) < 4.78 is 0. The highest BCUT2D eigenvalue weighted by Gasteiger charge is 2.12. The van der Waals surface area contributed by atoms with Gasteiger partial charge in [0.1, 0.15) is 6.04 Å². The third kappa shape index (κ3) is 15.5. The molecule has 0 unspecified atom stereocenters. The molecule has 1 atom stereocenters. The average Bonchev–Trinajstić information content (AvgIpc) is 2.58. The first-order valence-electron chi connectivity index (χ1n) is 9.93. The van der Waals surface area contributed by atoms with E-state index in [0.29, 0.717) is 12.3 Å². The summed E-state index contributed by atoms with van der Waals surface area (Å²) in [6.45, 7) is 11.4. The zero-order valence-corrected chi connectivity index (χ0v) is 18.7. The summed E-state index contributed by atoms with van der Waals surface area (Å²) in [7, 11) is 0. The van der Waals surface area contributed by atoms with Crippen LogP contribution in [0.1, 0.15) is 73.1 Å². The Morgan fingerprint density at radius 2 is 1.30 bits per heavy atom. The van der Waals surface area contributed by atoms with Crippen molar-refractivity contribution in [2.24, 2.45) is 0 Å². The third-order valence-electron chi connectivity index (χ3n) is 4.45. The van der Waals surface area contributed by atoms with Crippen LogP contribution < -0.4 is 5.32 Å². The Labute approximate surface area is 172 Å². The number of aliphatic carboxylic acids is 1. The van der Waals surface area contributed by atoms with Gasteiger partial charge in [-0.05, 0) is 73.1 Å². The molecule has 0 aromatic heterocycles. The zero-order chi connectivity index (χ0) is 20.7. The predicted octanol–water partition coefficient (Wildman–Crippen LogP) is 6.10. The number of allylic oxidation sites excluding steroid dienone is 7. The lowest BCUT2D eigenvalue weighted by Gasteiger charge is -2.10. The van der Waals surface area contributed by atoms with Gasteiger partial charge in [-0.25, -0.2) is 0 Å². The molecule has 0 heterocycles. The Morgan fingerprint density at radius 3 is 1.70 bits per heavy atom. The molecule has 4 heteroatoms. The summed E-state index contributed by atoms with van der Waals surface area (Å²) in [5.74, 6) is -0.552. The Balaban J connectivity index is 4.08. The van der Waals surface area contributed by atoms with Crippen LogP contribution in [-0.2, 0) is 4.79 Å². The fourth-order valence-electron chi connectivity index (χ4n) is 2.59. The first-order chi connectivity index (χ1) is 12.8. The Kier molecular flexibility index (Phi) is 15.0. The molecule has 0 aromatic carbocycles. The summed E-state index contributed by atoms with van der Waals surface area (Å²) in [6.07, 6.45) is 15.6. The molecule has 0 aromatic rings. The van der Waals surface area contributed by atoms with Gasteiger partial charge in [-0.2, -0.15) is 12.6 Å². The molecule has 0 saturated heterocycles. The molecule has 154 valence electrons. The highest BCUT2D eigenvalue weighted by Crippen LogP contribution is 2.13. The molecule has 0 aliphatic rings. The molecule has 0 bridgehead atoms. The van der Waals surface area contributed by atoms with E-state index >= 15 is 0 Å². The quantitative estimate of drug-likeness (QED) is 0.247. The molecule has 0 aliphatic carbocycles. The van der Waals surface area contributed by atoms with Gasteiger partial charge < -0.3 is 10.4 Å². The fourth-order valence-corrected chi connectivity index (χ4v) is 2.88. The van der Waals surface area contributed by atoms with Crippen LogP contribution in [0.15, 0.2) is 46.6 Å². The van der Waals surface area contributed by atoms with Crippen LogP contribution in [0.4, 0.5) is 0 Å². The molecule has 0 amide bonds. The lowest BCUT2D eigenvalue weighted by molar-refractivity contribution is -0.138. The minimum Gasteiger partial charge on any atom is -0.480 e. The van der Waals surface area contributed by atoms with Gasteiger partial charge in [0.15, 0.2) is 0 Å². The topological polar surface area (TPSA) is 49.3 Å². The molecule has 0 fully saturated rings. The van der Waals surface area contributed by atoms with Crippen LogP contribution in [-0.4, -0.2) is 29.4 Å². The van der Waals surface area contributed by atoms with Gasteiger partial charge >= 0.3 is 5.97 Å². The number of carbonyl (C=O) groups is 1. The van der Waals surface area contributed by atoms with Crippen molar-refractivity contribution in [3.63, 3.8) is 0 Å². The van der Waals surface area contributed by atoms with E-state index in [0.717, 1.165) is 38.5 Å². The molecule has 0 saturated carbocycles. The minimum absolute atomic E-state index is 0.299. The molecular weight excluding hydrogens is 354 g/mol. The molecule has 27 heavy (non-hydrogen) atoms. The van der Waals surface area contributed by atoms with Crippen molar-refractivity contribution in [2.45, 2.75) is 79.2 Å². The summed E-state index contributed by atoms with van der Waals surface area (Å²) in [6, 6.07) is -0.585. The maximum Gasteiger partial charge on any atom is 0.321 e. The largest absolute Gasteiger partial charge is 0.480 e. The van der Waals surface area contributed by atoms with Crippen LogP contribution in [0.25, 0.3) is 0 Å². The number of carboxylic acid groups (broad SMARTS) is 1. The molecule has 0 radical (unpaired) electrons. The predicted molar refractivity (Wildman–Crippen MR) is 122 cm³/mol. The number of hydrogen-bond acceptors (Lipinski definition) is 3. The van der Waals surface area contributed by atoms with Crippen LogP contribution in [0.2, 0.25) is 0 Å². The second-order valence-corrected chi connectivity index (χ2v) is 7.90. The number of carboxylic acids is 1.